The Bertz CT molecular complexity index is 312. The second-order valence-corrected chi connectivity index (χ2v) is 6.56. The molecule has 0 aromatic rings. The second kappa shape index (κ2) is 5.20. The average molecular weight is 250 g/mol. The van der Waals surface area contributed by atoms with Crippen molar-refractivity contribution < 1.29 is 4.79 Å². The van der Waals surface area contributed by atoms with Gasteiger partial charge in [0.05, 0.1) is 0 Å². The number of hydrogen-bond donors (Lipinski definition) is 1. The van der Waals surface area contributed by atoms with Gasteiger partial charge in [0.25, 0.3) is 0 Å². The summed E-state index contributed by atoms with van der Waals surface area (Å²) in [6, 6.07) is 0.459. The summed E-state index contributed by atoms with van der Waals surface area (Å²) in [6.07, 6.45) is 7.41. The van der Waals surface area contributed by atoms with Crippen molar-refractivity contribution >= 4 is 5.91 Å². The number of amides is 1. The van der Waals surface area contributed by atoms with Gasteiger partial charge in [0.15, 0.2) is 0 Å². The van der Waals surface area contributed by atoms with Crippen LogP contribution < -0.4 is 5.32 Å². The van der Waals surface area contributed by atoms with E-state index in [9.17, 15) is 4.79 Å². The van der Waals surface area contributed by atoms with Crippen molar-refractivity contribution in [2.75, 3.05) is 19.6 Å². The van der Waals surface area contributed by atoms with Crippen LogP contribution in [0.2, 0.25) is 0 Å². The Morgan fingerprint density at radius 3 is 2.78 bits per heavy atom. The number of carbonyl (C=O) groups is 1. The third-order valence-corrected chi connectivity index (χ3v) is 5.50. The first-order chi connectivity index (χ1) is 8.75. The molecular formula is C15H26N2O. The Balaban J connectivity index is 1.50. The number of likely N-dealkylation sites (tertiary alicyclic amines) is 1. The fourth-order valence-electron chi connectivity index (χ4n) is 4.27. The zero-order valence-electron chi connectivity index (χ0n) is 11.5. The van der Waals surface area contributed by atoms with Gasteiger partial charge in [-0.1, -0.05) is 25.7 Å². The Kier molecular flexibility index (Phi) is 3.60. The lowest BCUT2D eigenvalue weighted by molar-refractivity contribution is -0.132. The molecule has 18 heavy (non-hydrogen) atoms. The molecule has 1 aliphatic carbocycles. The molecule has 1 N–H and O–H groups in total. The van der Waals surface area contributed by atoms with Crippen LogP contribution >= 0.6 is 0 Å². The monoisotopic (exact) mass is 250 g/mol. The van der Waals surface area contributed by atoms with Crippen LogP contribution in [0.1, 0.15) is 45.4 Å². The molecule has 3 heteroatoms. The number of rotatable bonds is 3. The smallest absolute Gasteiger partial charge is 0.222 e. The highest BCUT2D eigenvalue weighted by Gasteiger charge is 2.43. The average Bonchev–Trinajstić information content (AvgIpc) is 3.05. The standard InChI is InChI=1S/C15H26N2O/c1-11-14-9-16-8-13(14)10-17(11)15(18)7-6-12-4-2-3-5-12/h11-14,16H,2-10H2,1H3. The van der Waals surface area contributed by atoms with Crippen LogP contribution in [0, 0.1) is 17.8 Å². The second-order valence-electron chi connectivity index (χ2n) is 6.56. The van der Waals surface area contributed by atoms with E-state index < -0.39 is 0 Å². The van der Waals surface area contributed by atoms with E-state index in [-0.39, 0.29) is 0 Å². The molecule has 0 aromatic heterocycles. The maximum absolute atomic E-state index is 12.3. The first-order valence-electron chi connectivity index (χ1n) is 7.76. The molecule has 1 saturated carbocycles. The lowest BCUT2D eigenvalue weighted by Gasteiger charge is -2.25. The molecule has 3 aliphatic rings. The number of nitrogens with one attached hydrogen (secondary N) is 1. The normalized spacial score (nSPS) is 36.3. The molecule has 0 aromatic carbocycles. The summed E-state index contributed by atoms with van der Waals surface area (Å²) in [5.74, 6) is 2.69. The number of fused-ring (bicyclic) bond motifs is 1. The molecule has 3 unspecified atom stereocenters. The SMILES string of the molecule is CC1C2CNCC2CN1C(=O)CCC1CCCC1. The maximum atomic E-state index is 12.3. The van der Waals surface area contributed by atoms with Gasteiger partial charge in [-0.15, -0.1) is 0 Å². The molecule has 2 aliphatic heterocycles. The Hall–Kier alpha value is -0.570. The third-order valence-electron chi connectivity index (χ3n) is 5.50. The van der Waals surface area contributed by atoms with Crippen LogP contribution in [0.15, 0.2) is 0 Å². The van der Waals surface area contributed by atoms with Crippen molar-refractivity contribution in [1.82, 2.24) is 10.2 Å². The summed E-state index contributed by atoms with van der Waals surface area (Å²) < 4.78 is 0. The van der Waals surface area contributed by atoms with Gasteiger partial charge >= 0.3 is 0 Å². The lowest BCUT2D eigenvalue weighted by Crippen LogP contribution is -2.38. The maximum Gasteiger partial charge on any atom is 0.222 e. The highest BCUT2D eigenvalue weighted by molar-refractivity contribution is 5.77. The molecule has 1 amide bonds. The zero-order valence-corrected chi connectivity index (χ0v) is 11.5. The quantitative estimate of drug-likeness (QED) is 0.831. The minimum absolute atomic E-state index is 0.420. The van der Waals surface area contributed by atoms with Crippen LogP contribution in [-0.2, 0) is 4.79 Å². The fraction of sp³-hybridized carbons (Fsp3) is 0.933. The molecule has 0 radical (unpaired) electrons. The molecule has 102 valence electrons. The van der Waals surface area contributed by atoms with Crippen LogP contribution in [0.25, 0.3) is 0 Å². The molecule has 0 spiro atoms. The van der Waals surface area contributed by atoms with Crippen molar-refractivity contribution in [3.8, 4) is 0 Å². The minimum atomic E-state index is 0.420. The molecule has 0 bridgehead atoms. The summed E-state index contributed by atoms with van der Waals surface area (Å²) in [5.41, 5.74) is 0. The predicted octanol–water partition coefficient (Wildman–Crippen LogP) is 2.02. The van der Waals surface area contributed by atoms with Crippen LogP contribution in [0.4, 0.5) is 0 Å². The summed E-state index contributed by atoms with van der Waals surface area (Å²) in [5, 5.41) is 3.45. The number of hydrogen-bond acceptors (Lipinski definition) is 2. The largest absolute Gasteiger partial charge is 0.339 e. The third kappa shape index (κ3) is 2.29. The Morgan fingerprint density at radius 2 is 2.06 bits per heavy atom. The summed E-state index contributed by atoms with van der Waals surface area (Å²) in [7, 11) is 0. The summed E-state index contributed by atoms with van der Waals surface area (Å²) >= 11 is 0. The van der Waals surface area contributed by atoms with Crippen molar-refractivity contribution in [3.63, 3.8) is 0 Å². The van der Waals surface area contributed by atoms with Gasteiger partial charge in [-0.05, 0) is 31.1 Å². The van der Waals surface area contributed by atoms with E-state index in [0.717, 1.165) is 44.3 Å². The molecule has 2 heterocycles. The van der Waals surface area contributed by atoms with E-state index in [1.54, 1.807) is 0 Å². The van der Waals surface area contributed by atoms with Crippen LogP contribution in [0.5, 0.6) is 0 Å². The Labute approximate surface area is 110 Å². The van der Waals surface area contributed by atoms with E-state index >= 15 is 0 Å². The number of nitrogens with zero attached hydrogens (tertiary/aromatic N) is 1. The van der Waals surface area contributed by atoms with Crippen LogP contribution in [-0.4, -0.2) is 36.5 Å². The highest BCUT2D eigenvalue weighted by atomic mass is 16.2. The molecule has 2 saturated heterocycles. The summed E-state index contributed by atoms with van der Waals surface area (Å²) in [6.45, 7) is 5.47. The molecule has 3 atom stereocenters. The van der Waals surface area contributed by atoms with Gasteiger partial charge in [0.1, 0.15) is 0 Å². The van der Waals surface area contributed by atoms with E-state index in [1.807, 2.05) is 0 Å². The first kappa shape index (κ1) is 12.5. The van der Waals surface area contributed by atoms with Gasteiger partial charge in [-0.3, -0.25) is 4.79 Å². The van der Waals surface area contributed by atoms with Gasteiger partial charge in [0, 0.05) is 32.1 Å². The zero-order chi connectivity index (χ0) is 12.5. The van der Waals surface area contributed by atoms with Gasteiger partial charge in [-0.2, -0.15) is 0 Å². The molecule has 3 rings (SSSR count). The van der Waals surface area contributed by atoms with E-state index in [0.29, 0.717) is 17.9 Å². The minimum Gasteiger partial charge on any atom is -0.339 e. The Morgan fingerprint density at radius 1 is 1.28 bits per heavy atom. The van der Waals surface area contributed by atoms with E-state index in [4.69, 9.17) is 0 Å². The van der Waals surface area contributed by atoms with Crippen molar-refractivity contribution in [1.29, 1.82) is 0 Å². The lowest BCUT2D eigenvalue weighted by atomic mass is 9.95. The van der Waals surface area contributed by atoms with Crippen molar-refractivity contribution in [2.45, 2.75) is 51.5 Å². The first-order valence-corrected chi connectivity index (χ1v) is 7.76. The van der Waals surface area contributed by atoms with Gasteiger partial charge in [-0.25, -0.2) is 0 Å². The van der Waals surface area contributed by atoms with E-state index in [1.165, 1.54) is 25.7 Å². The number of carbonyl (C=O) groups excluding carboxylic acids is 1. The fourth-order valence-corrected chi connectivity index (χ4v) is 4.27. The van der Waals surface area contributed by atoms with Gasteiger partial charge < -0.3 is 10.2 Å². The predicted molar refractivity (Wildman–Crippen MR) is 72.2 cm³/mol. The molecule has 3 nitrogen and oxygen atoms in total. The van der Waals surface area contributed by atoms with Crippen molar-refractivity contribution in [3.05, 3.63) is 0 Å². The van der Waals surface area contributed by atoms with Crippen LogP contribution in [0.3, 0.4) is 0 Å². The molecular weight excluding hydrogens is 224 g/mol. The highest BCUT2D eigenvalue weighted by Crippen LogP contribution is 2.34. The van der Waals surface area contributed by atoms with Crippen molar-refractivity contribution in [2.24, 2.45) is 17.8 Å². The molecule has 3 fully saturated rings. The van der Waals surface area contributed by atoms with Gasteiger partial charge in [0.2, 0.25) is 5.91 Å². The van der Waals surface area contributed by atoms with E-state index in [2.05, 4.69) is 17.1 Å². The summed E-state index contributed by atoms with van der Waals surface area (Å²) in [4.78, 5) is 14.5. The topological polar surface area (TPSA) is 32.3 Å².